The number of phenolic OH excluding ortho intramolecular Hbond substituents is 2. The number of benzene rings is 3. The van der Waals surface area contributed by atoms with Crippen LogP contribution in [0.2, 0.25) is 0 Å². The molecule has 0 amide bonds. The standard InChI is InChI=1S/C27H29N3O6S/c1-4-37-26-24(20(31)14-23(25(26)32)36-15-17-8-6-5-7-9-17)30-27-18-12-21(34-3)22(35-11-10-33-2)13-19(18)28-16-29-27/h5-9,12-14,16,31-32H,4,10-11,15H2,1-3H3,(H,28,29,30). The number of fused-ring (bicyclic) bond motifs is 1. The lowest BCUT2D eigenvalue weighted by Crippen LogP contribution is -2.06. The maximum absolute atomic E-state index is 11.0. The summed E-state index contributed by atoms with van der Waals surface area (Å²) in [6.45, 7) is 3.00. The van der Waals surface area contributed by atoms with Crippen molar-refractivity contribution in [1.82, 2.24) is 9.97 Å². The Bertz CT molecular complexity index is 1350. The van der Waals surface area contributed by atoms with Crippen molar-refractivity contribution in [1.29, 1.82) is 0 Å². The van der Waals surface area contributed by atoms with Crippen molar-refractivity contribution in [2.24, 2.45) is 0 Å². The minimum absolute atomic E-state index is 0.0622. The maximum Gasteiger partial charge on any atom is 0.174 e. The van der Waals surface area contributed by atoms with Crippen LogP contribution >= 0.6 is 11.8 Å². The molecule has 0 bridgehead atoms. The third-order valence-electron chi connectivity index (χ3n) is 5.43. The molecule has 10 heteroatoms. The molecule has 0 unspecified atom stereocenters. The van der Waals surface area contributed by atoms with Crippen LogP contribution in [0.25, 0.3) is 10.9 Å². The number of hydrogen-bond acceptors (Lipinski definition) is 10. The Morgan fingerprint density at radius 2 is 1.73 bits per heavy atom. The molecule has 0 aliphatic rings. The van der Waals surface area contributed by atoms with Crippen LogP contribution in [0.5, 0.6) is 28.7 Å². The largest absolute Gasteiger partial charge is 0.506 e. The number of rotatable bonds is 12. The van der Waals surface area contributed by atoms with E-state index < -0.39 is 0 Å². The molecule has 0 atom stereocenters. The predicted octanol–water partition coefficient (Wildman–Crippen LogP) is 5.51. The zero-order valence-corrected chi connectivity index (χ0v) is 21.7. The first-order chi connectivity index (χ1) is 18.0. The van der Waals surface area contributed by atoms with Gasteiger partial charge in [0.25, 0.3) is 0 Å². The van der Waals surface area contributed by atoms with Crippen LogP contribution in [0.4, 0.5) is 11.5 Å². The van der Waals surface area contributed by atoms with Crippen molar-refractivity contribution in [2.45, 2.75) is 18.4 Å². The Hall–Kier alpha value is -3.89. The Morgan fingerprint density at radius 1 is 0.919 bits per heavy atom. The molecule has 0 spiro atoms. The average molecular weight is 524 g/mol. The first-order valence-corrected chi connectivity index (χ1v) is 12.6. The van der Waals surface area contributed by atoms with Gasteiger partial charge in [0.2, 0.25) is 0 Å². The number of nitrogens with one attached hydrogen (secondary N) is 1. The molecule has 0 fully saturated rings. The SMILES string of the molecule is CCSc1c(O)c(OCc2ccccc2)cc(O)c1Nc1ncnc2cc(OCCOC)c(OC)cc12. The average Bonchev–Trinajstić information content (AvgIpc) is 2.92. The van der Waals surface area contributed by atoms with Crippen molar-refractivity contribution in [3.8, 4) is 28.7 Å². The summed E-state index contributed by atoms with van der Waals surface area (Å²) in [5.41, 5.74) is 1.87. The Labute approximate surface area is 219 Å². The van der Waals surface area contributed by atoms with Gasteiger partial charge in [0.05, 0.1) is 29.8 Å². The molecule has 4 aromatic rings. The van der Waals surface area contributed by atoms with Crippen LogP contribution in [0.15, 0.2) is 59.8 Å². The number of hydrogen-bond donors (Lipinski definition) is 3. The summed E-state index contributed by atoms with van der Waals surface area (Å²) in [5.74, 6) is 2.15. The molecule has 0 saturated carbocycles. The number of methoxy groups -OCH3 is 2. The summed E-state index contributed by atoms with van der Waals surface area (Å²) in [4.78, 5) is 9.19. The van der Waals surface area contributed by atoms with Crippen LogP contribution < -0.4 is 19.5 Å². The van der Waals surface area contributed by atoms with E-state index >= 15 is 0 Å². The van der Waals surface area contributed by atoms with Gasteiger partial charge in [0, 0.05) is 24.6 Å². The van der Waals surface area contributed by atoms with Crippen LogP contribution in [-0.2, 0) is 11.3 Å². The number of aromatic nitrogens is 2. The molecular weight excluding hydrogens is 494 g/mol. The van der Waals surface area contributed by atoms with Crippen molar-refractivity contribution in [2.75, 3.05) is 38.5 Å². The third kappa shape index (κ3) is 6.10. The van der Waals surface area contributed by atoms with E-state index in [0.29, 0.717) is 57.8 Å². The topological polar surface area (TPSA) is 115 Å². The lowest BCUT2D eigenvalue weighted by Gasteiger charge is -2.18. The molecule has 0 radical (unpaired) electrons. The summed E-state index contributed by atoms with van der Waals surface area (Å²) >= 11 is 1.37. The molecule has 1 heterocycles. The summed E-state index contributed by atoms with van der Waals surface area (Å²) < 4.78 is 22.2. The second-order valence-corrected chi connectivity index (χ2v) is 9.14. The molecule has 194 valence electrons. The molecule has 9 nitrogen and oxygen atoms in total. The van der Waals surface area contributed by atoms with Gasteiger partial charge in [0.1, 0.15) is 31.1 Å². The molecule has 0 saturated heterocycles. The number of thioether (sulfide) groups is 1. The number of anilines is 2. The Morgan fingerprint density at radius 3 is 2.46 bits per heavy atom. The molecule has 0 aliphatic carbocycles. The lowest BCUT2D eigenvalue weighted by molar-refractivity contribution is 0.144. The van der Waals surface area contributed by atoms with Gasteiger partial charge in [-0.15, -0.1) is 11.8 Å². The van der Waals surface area contributed by atoms with Gasteiger partial charge in [-0.25, -0.2) is 9.97 Å². The first kappa shape index (κ1) is 26.2. The van der Waals surface area contributed by atoms with E-state index in [4.69, 9.17) is 18.9 Å². The Kier molecular flexibility index (Phi) is 8.76. The smallest absolute Gasteiger partial charge is 0.174 e. The zero-order valence-electron chi connectivity index (χ0n) is 20.9. The second kappa shape index (κ2) is 12.4. The van der Waals surface area contributed by atoms with Crippen LogP contribution in [0, 0.1) is 0 Å². The van der Waals surface area contributed by atoms with Gasteiger partial charge in [-0.05, 0) is 17.4 Å². The molecule has 3 N–H and O–H groups in total. The van der Waals surface area contributed by atoms with E-state index in [1.807, 2.05) is 37.3 Å². The van der Waals surface area contributed by atoms with E-state index in [1.165, 1.54) is 24.2 Å². The highest BCUT2D eigenvalue weighted by Gasteiger charge is 2.21. The molecular formula is C27H29N3O6S. The number of nitrogens with zero attached hydrogens (tertiary/aromatic N) is 2. The molecule has 0 aliphatic heterocycles. The quantitative estimate of drug-likeness (QED) is 0.0950. The van der Waals surface area contributed by atoms with E-state index in [2.05, 4.69) is 15.3 Å². The molecule has 4 rings (SSSR count). The van der Waals surface area contributed by atoms with E-state index in [-0.39, 0.29) is 23.9 Å². The zero-order chi connectivity index (χ0) is 26.2. The monoisotopic (exact) mass is 523 g/mol. The van der Waals surface area contributed by atoms with Crippen LogP contribution in [0.3, 0.4) is 0 Å². The third-order valence-corrected chi connectivity index (χ3v) is 6.41. The summed E-state index contributed by atoms with van der Waals surface area (Å²) in [7, 11) is 3.15. The van der Waals surface area contributed by atoms with E-state index in [9.17, 15) is 10.2 Å². The molecule has 1 aromatic heterocycles. The second-order valence-electron chi connectivity index (χ2n) is 7.86. The normalized spacial score (nSPS) is 10.9. The highest BCUT2D eigenvalue weighted by molar-refractivity contribution is 7.99. The van der Waals surface area contributed by atoms with Gasteiger partial charge in [-0.1, -0.05) is 37.3 Å². The predicted molar refractivity (Wildman–Crippen MR) is 144 cm³/mol. The molecule has 3 aromatic carbocycles. The summed E-state index contributed by atoms with van der Waals surface area (Å²) in [6, 6.07) is 14.5. The van der Waals surface area contributed by atoms with Gasteiger partial charge in [-0.3, -0.25) is 0 Å². The number of aromatic hydroxyl groups is 2. The van der Waals surface area contributed by atoms with Gasteiger partial charge in [-0.2, -0.15) is 0 Å². The van der Waals surface area contributed by atoms with E-state index in [1.54, 1.807) is 26.4 Å². The minimum atomic E-state index is -0.0879. The number of phenols is 2. The summed E-state index contributed by atoms with van der Waals surface area (Å²) in [5, 5.41) is 25.8. The fourth-order valence-electron chi connectivity index (χ4n) is 3.65. The van der Waals surface area contributed by atoms with Crippen molar-refractivity contribution < 1.29 is 29.2 Å². The minimum Gasteiger partial charge on any atom is -0.506 e. The van der Waals surface area contributed by atoms with Gasteiger partial charge in [0.15, 0.2) is 23.0 Å². The summed E-state index contributed by atoms with van der Waals surface area (Å²) in [6.07, 6.45) is 1.41. The van der Waals surface area contributed by atoms with Gasteiger partial charge >= 0.3 is 0 Å². The maximum atomic E-state index is 11.0. The van der Waals surface area contributed by atoms with Crippen molar-refractivity contribution in [3.05, 3.63) is 60.4 Å². The van der Waals surface area contributed by atoms with Gasteiger partial charge < -0.3 is 34.5 Å². The van der Waals surface area contributed by atoms with Crippen LogP contribution in [-0.4, -0.2) is 53.4 Å². The molecule has 37 heavy (non-hydrogen) atoms. The highest BCUT2D eigenvalue weighted by atomic mass is 32.2. The van der Waals surface area contributed by atoms with Crippen molar-refractivity contribution in [3.63, 3.8) is 0 Å². The lowest BCUT2D eigenvalue weighted by atomic mass is 10.2. The highest BCUT2D eigenvalue weighted by Crippen LogP contribution is 2.48. The fourth-order valence-corrected chi connectivity index (χ4v) is 4.48. The van der Waals surface area contributed by atoms with E-state index in [0.717, 1.165) is 5.56 Å². The fraction of sp³-hybridized carbons (Fsp3) is 0.259. The van der Waals surface area contributed by atoms with Crippen molar-refractivity contribution >= 4 is 34.2 Å². The number of ether oxygens (including phenoxy) is 4. The Balaban J connectivity index is 1.68. The van der Waals surface area contributed by atoms with Crippen LogP contribution in [0.1, 0.15) is 12.5 Å². The first-order valence-electron chi connectivity index (χ1n) is 11.7.